The zero-order valence-corrected chi connectivity index (χ0v) is 17.2. The van der Waals surface area contributed by atoms with E-state index >= 15 is 0 Å². The molecule has 0 spiro atoms. The van der Waals surface area contributed by atoms with Crippen molar-refractivity contribution in [3.05, 3.63) is 65.3 Å². The van der Waals surface area contributed by atoms with Gasteiger partial charge in [0.05, 0.1) is 29.4 Å². The molecule has 0 unspecified atom stereocenters. The first-order chi connectivity index (χ1) is 14.6. The van der Waals surface area contributed by atoms with Gasteiger partial charge >= 0.3 is 0 Å². The summed E-state index contributed by atoms with van der Waals surface area (Å²) in [7, 11) is 0. The number of anilines is 1. The first kappa shape index (κ1) is 19.8. The first-order valence-electron chi connectivity index (χ1n) is 9.58. The van der Waals surface area contributed by atoms with Crippen LogP contribution in [-0.4, -0.2) is 32.9 Å². The van der Waals surface area contributed by atoms with Crippen molar-refractivity contribution >= 4 is 39.3 Å². The number of furan rings is 1. The zero-order chi connectivity index (χ0) is 20.9. The average molecular weight is 423 g/mol. The number of thiazole rings is 1. The predicted octanol–water partition coefficient (Wildman–Crippen LogP) is 3.40. The molecule has 0 bridgehead atoms. The van der Waals surface area contributed by atoms with Gasteiger partial charge in [0.2, 0.25) is 5.91 Å². The number of carbonyl (C=O) groups excluding carboxylic acids is 2. The Balaban J connectivity index is 1.23. The first-order valence-corrected chi connectivity index (χ1v) is 10.5. The normalized spacial score (nSPS) is 11.0. The fourth-order valence-electron chi connectivity index (χ4n) is 3.18. The van der Waals surface area contributed by atoms with Crippen LogP contribution in [0.2, 0.25) is 0 Å². The number of aromatic nitrogens is 3. The van der Waals surface area contributed by atoms with Crippen LogP contribution in [0.15, 0.2) is 52.5 Å². The van der Waals surface area contributed by atoms with Gasteiger partial charge in [-0.05, 0) is 37.6 Å². The molecule has 2 N–H and O–H groups in total. The van der Waals surface area contributed by atoms with Gasteiger partial charge in [0, 0.05) is 18.5 Å². The Morgan fingerprint density at radius 2 is 2.03 bits per heavy atom. The summed E-state index contributed by atoms with van der Waals surface area (Å²) in [5, 5.41) is 7.78. The van der Waals surface area contributed by atoms with Crippen molar-refractivity contribution < 1.29 is 14.0 Å². The van der Waals surface area contributed by atoms with E-state index in [1.54, 1.807) is 17.5 Å². The van der Waals surface area contributed by atoms with E-state index in [0.29, 0.717) is 17.4 Å². The Labute approximate surface area is 176 Å². The van der Waals surface area contributed by atoms with Crippen LogP contribution >= 0.6 is 11.3 Å². The number of para-hydroxylation sites is 2. The molecule has 0 atom stereocenters. The van der Waals surface area contributed by atoms with Crippen molar-refractivity contribution in [3.8, 4) is 0 Å². The third-order valence-electron chi connectivity index (χ3n) is 4.58. The van der Waals surface area contributed by atoms with Crippen molar-refractivity contribution in [2.75, 3.05) is 11.9 Å². The van der Waals surface area contributed by atoms with Crippen LogP contribution in [0.5, 0.6) is 0 Å². The minimum Gasteiger partial charge on any atom is -0.459 e. The maximum absolute atomic E-state index is 12.2. The average Bonchev–Trinajstić information content (AvgIpc) is 3.46. The standard InChI is InChI=1S/C21H21N5O3S/c1-14-23-16-6-2-3-7-17(16)26(14)10-5-9-22-19(27)12-15-13-30-21(24-15)25-20(28)18-8-4-11-29-18/h2-4,6-8,11,13H,5,9-10,12H2,1H3,(H,22,27)(H,24,25,28). The largest absolute Gasteiger partial charge is 0.459 e. The van der Waals surface area contributed by atoms with E-state index in [0.717, 1.165) is 29.8 Å². The molecule has 0 aliphatic rings. The van der Waals surface area contributed by atoms with Crippen molar-refractivity contribution in [1.29, 1.82) is 0 Å². The fourth-order valence-corrected chi connectivity index (χ4v) is 3.89. The number of amides is 2. The summed E-state index contributed by atoms with van der Waals surface area (Å²) in [5.41, 5.74) is 2.70. The van der Waals surface area contributed by atoms with Crippen molar-refractivity contribution in [2.24, 2.45) is 0 Å². The molecule has 8 nitrogen and oxygen atoms in total. The number of fused-ring (bicyclic) bond motifs is 1. The van der Waals surface area contributed by atoms with Crippen LogP contribution in [0, 0.1) is 6.92 Å². The third-order valence-corrected chi connectivity index (χ3v) is 5.39. The van der Waals surface area contributed by atoms with Crippen LogP contribution in [0.3, 0.4) is 0 Å². The van der Waals surface area contributed by atoms with E-state index in [1.165, 1.54) is 17.6 Å². The highest BCUT2D eigenvalue weighted by Crippen LogP contribution is 2.17. The topological polar surface area (TPSA) is 102 Å². The van der Waals surface area contributed by atoms with Gasteiger partial charge in [-0.15, -0.1) is 11.3 Å². The molecule has 3 heterocycles. The lowest BCUT2D eigenvalue weighted by Gasteiger charge is -2.08. The number of carbonyl (C=O) groups is 2. The molecule has 2 amide bonds. The molecule has 0 fully saturated rings. The smallest absolute Gasteiger partial charge is 0.293 e. The Bertz CT molecular complexity index is 1160. The SMILES string of the molecule is Cc1nc2ccccc2n1CCCNC(=O)Cc1csc(NC(=O)c2ccco2)n1. The molecule has 30 heavy (non-hydrogen) atoms. The van der Waals surface area contributed by atoms with E-state index in [4.69, 9.17) is 4.42 Å². The molecule has 0 saturated heterocycles. The molecule has 0 saturated carbocycles. The fraction of sp³-hybridized carbons (Fsp3) is 0.238. The van der Waals surface area contributed by atoms with Crippen LogP contribution in [0.1, 0.15) is 28.5 Å². The lowest BCUT2D eigenvalue weighted by atomic mass is 10.3. The maximum atomic E-state index is 12.2. The van der Waals surface area contributed by atoms with Crippen LogP contribution in [-0.2, 0) is 17.8 Å². The predicted molar refractivity (Wildman–Crippen MR) is 115 cm³/mol. The van der Waals surface area contributed by atoms with Gasteiger partial charge in [-0.1, -0.05) is 12.1 Å². The lowest BCUT2D eigenvalue weighted by molar-refractivity contribution is -0.120. The highest BCUT2D eigenvalue weighted by Gasteiger charge is 2.13. The summed E-state index contributed by atoms with van der Waals surface area (Å²) in [6.07, 6.45) is 2.40. The summed E-state index contributed by atoms with van der Waals surface area (Å²) in [6, 6.07) is 11.2. The van der Waals surface area contributed by atoms with E-state index in [1.807, 2.05) is 25.1 Å². The molecular weight excluding hydrogens is 402 g/mol. The molecule has 0 radical (unpaired) electrons. The molecule has 9 heteroatoms. The summed E-state index contributed by atoms with van der Waals surface area (Å²) >= 11 is 1.27. The highest BCUT2D eigenvalue weighted by molar-refractivity contribution is 7.14. The van der Waals surface area contributed by atoms with Crippen LogP contribution in [0.25, 0.3) is 11.0 Å². The highest BCUT2D eigenvalue weighted by atomic mass is 32.1. The quantitative estimate of drug-likeness (QED) is 0.423. The summed E-state index contributed by atoms with van der Waals surface area (Å²) < 4.78 is 7.21. The van der Waals surface area contributed by atoms with Gasteiger partial charge < -0.3 is 14.3 Å². The molecule has 0 aliphatic heterocycles. The number of hydrogen-bond acceptors (Lipinski definition) is 6. The van der Waals surface area contributed by atoms with Crippen molar-refractivity contribution in [1.82, 2.24) is 19.9 Å². The zero-order valence-electron chi connectivity index (χ0n) is 16.4. The van der Waals surface area contributed by atoms with Crippen LogP contribution < -0.4 is 10.6 Å². The summed E-state index contributed by atoms with van der Waals surface area (Å²) in [5.74, 6) is 0.712. The number of aryl methyl sites for hydroxylation is 2. The van der Waals surface area contributed by atoms with Gasteiger partial charge in [-0.25, -0.2) is 9.97 Å². The van der Waals surface area contributed by atoms with E-state index in [9.17, 15) is 9.59 Å². The van der Waals surface area contributed by atoms with Crippen LogP contribution in [0.4, 0.5) is 5.13 Å². The second kappa shape index (κ2) is 8.91. The minimum atomic E-state index is -0.368. The number of benzene rings is 1. The second-order valence-corrected chi connectivity index (χ2v) is 7.61. The Morgan fingerprint density at radius 3 is 2.87 bits per heavy atom. The summed E-state index contributed by atoms with van der Waals surface area (Å²) in [6.45, 7) is 3.34. The molecule has 154 valence electrons. The molecule has 3 aromatic heterocycles. The van der Waals surface area contributed by atoms with Gasteiger partial charge in [-0.3, -0.25) is 14.9 Å². The second-order valence-electron chi connectivity index (χ2n) is 6.76. The maximum Gasteiger partial charge on any atom is 0.293 e. The molecular formula is C21H21N5O3S. The Hall–Kier alpha value is -3.46. The number of hydrogen-bond donors (Lipinski definition) is 2. The monoisotopic (exact) mass is 423 g/mol. The van der Waals surface area contributed by atoms with Gasteiger partial charge in [0.1, 0.15) is 5.82 Å². The number of rotatable bonds is 8. The lowest BCUT2D eigenvalue weighted by Crippen LogP contribution is -2.27. The van der Waals surface area contributed by atoms with Gasteiger partial charge in [0.15, 0.2) is 10.9 Å². The molecule has 1 aromatic carbocycles. The van der Waals surface area contributed by atoms with Crippen molar-refractivity contribution in [3.63, 3.8) is 0 Å². The Kier molecular flexibility index (Phi) is 5.89. The molecule has 4 rings (SSSR count). The number of nitrogens with zero attached hydrogens (tertiary/aromatic N) is 3. The third kappa shape index (κ3) is 4.57. The van der Waals surface area contributed by atoms with Crippen molar-refractivity contribution in [2.45, 2.75) is 26.3 Å². The van der Waals surface area contributed by atoms with E-state index < -0.39 is 0 Å². The summed E-state index contributed by atoms with van der Waals surface area (Å²) in [4.78, 5) is 33.0. The van der Waals surface area contributed by atoms with Gasteiger partial charge in [-0.2, -0.15) is 0 Å². The van der Waals surface area contributed by atoms with E-state index in [2.05, 4.69) is 31.2 Å². The Morgan fingerprint density at radius 1 is 1.17 bits per heavy atom. The molecule has 0 aliphatic carbocycles. The van der Waals surface area contributed by atoms with E-state index in [-0.39, 0.29) is 24.0 Å². The van der Waals surface area contributed by atoms with Gasteiger partial charge in [0.25, 0.3) is 5.91 Å². The number of imidazole rings is 1. The minimum absolute atomic E-state index is 0.101. The number of nitrogens with one attached hydrogen (secondary N) is 2. The molecule has 4 aromatic rings.